The van der Waals surface area contributed by atoms with E-state index >= 15 is 0 Å². The van der Waals surface area contributed by atoms with Crippen molar-refractivity contribution in [2.24, 2.45) is 11.5 Å². The second kappa shape index (κ2) is 5.90. The predicted octanol–water partition coefficient (Wildman–Crippen LogP) is 1.74. The van der Waals surface area contributed by atoms with Crippen LogP contribution in [0.25, 0.3) is 0 Å². The van der Waals surface area contributed by atoms with Gasteiger partial charge in [0.15, 0.2) is 11.6 Å². The van der Waals surface area contributed by atoms with Crippen molar-refractivity contribution >= 4 is 12.4 Å². The molecule has 0 aliphatic carbocycles. The minimum absolute atomic E-state index is 0. The third-order valence-electron chi connectivity index (χ3n) is 1.85. The van der Waals surface area contributed by atoms with Gasteiger partial charge < -0.3 is 11.5 Å². The Balaban J connectivity index is 0.00000169. The molecule has 80 valence electrons. The van der Waals surface area contributed by atoms with Gasteiger partial charge in [-0.25, -0.2) is 8.78 Å². The normalized spacial score (nSPS) is 12.0. The molecule has 1 atom stereocenters. The highest BCUT2D eigenvalue weighted by Crippen LogP contribution is 2.16. The summed E-state index contributed by atoms with van der Waals surface area (Å²) in [6.45, 7) is 0.431. The Bertz CT molecular complexity index is 294. The number of benzene rings is 1. The molecule has 0 amide bonds. The van der Waals surface area contributed by atoms with Gasteiger partial charge in [0.2, 0.25) is 0 Å². The van der Waals surface area contributed by atoms with Gasteiger partial charge in [0.1, 0.15) is 0 Å². The van der Waals surface area contributed by atoms with E-state index < -0.39 is 11.6 Å². The second-order valence-corrected chi connectivity index (χ2v) is 2.86. The van der Waals surface area contributed by atoms with Crippen LogP contribution in [0.4, 0.5) is 8.78 Å². The van der Waals surface area contributed by atoms with E-state index in [2.05, 4.69) is 0 Å². The molecule has 0 aromatic heterocycles. The summed E-state index contributed by atoms with van der Waals surface area (Å²) in [5.41, 5.74) is 11.5. The predicted molar refractivity (Wildman–Crippen MR) is 54.2 cm³/mol. The Labute approximate surface area is 87.7 Å². The minimum Gasteiger partial charge on any atom is -0.330 e. The third-order valence-corrected chi connectivity index (χ3v) is 1.85. The van der Waals surface area contributed by atoms with E-state index in [0.717, 1.165) is 12.1 Å². The quantitative estimate of drug-likeness (QED) is 0.819. The summed E-state index contributed by atoms with van der Waals surface area (Å²) in [7, 11) is 0. The standard InChI is InChI=1S/C9H12F2N2.ClH/c10-7-2-1-6(5-8(7)11)9(13)3-4-12;/h1-2,5,9H,3-4,12-13H2;1H/t9-;/m1./s1. The van der Waals surface area contributed by atoms with Gasteiger partial charge >= 0.3 is 0 Å². The Morgan fingerprint density at radius 3 is 2.36 bits per heavy atom. The molecule has 0 saturated heterocycles. The molecule has 0 spiro atoms. The average molecular weight is 223 g/mol. The number of rotatable bonds is 3. The fourth-order valence-electron chi connectivity index (χ4n) is 1.09. The zero-order valence-corrected chi connectivity index (χ0v) is 8.36. The van der Waals surface area contributed by atoms with Gasteiger partial charge in [-0.15, -0.1) is 12.4 Å². The van der Waals surface area contributed by atoms with Crippen LogP contribution in [0.2, 0.25) is 0 Å². The molecule has 2 nitrogen and oxygen atoms in total. The lowest BCUT2D eigenvalue weighted by molar-refractivity contribution is 0.504. The number of halogens is 3. The third kappa shape index (κ3) is 3.21. The van der Waals surface area contributed by atoms with Gasteiger partial charge in [-0.1, -0.05) is 6.07 Å². The molecule has 0 saturated carbocycles. The first-order valence-corrected chi connectivity index (χ1v) is 4.05. The highest BCUT2D eigenvalue weighted by atomic mass is 35.5. The van der Waals surface area contributed by atoms with Gasteiger partial charge in [-0.2, -0.15) is 0 Å². The van der Waals surface area contributed by atoms with Crippen molar-refractivity contribution < 1.29 is 8.78 Å². The van der Waals surface area contributed by atoms with E-state index in [1.165, 1.54) is 6.07 Å². The van der Waals surface area contributed by atoms with E-state index in [4.69, 9.17) is 11.5 Å². The molecule has 0 heterocycles. The van der Waals surface area contributed by atoms with Crippen molar-refractivity contribution in [1.29, 1.82) is 0 Å². The molecule has 1 aromatic carbocycles. The van der Waals surface area contributed by atoms with Gasteiger partial charge in [-0.05, 0) is 30.7 Å². The van der Waals surface area contributed by atoms with E-state index in [0.29, 0.717) is 18.5 Å². The zero-order valence-electron chi connectivity index (χ0n) is 7.54. The van der Waals surface area contributed by atoms with Crippen LogP contribution >= 0.6 is 12.4 Å². The van der Waals surface area contributed by atoms with Crippen LogP contribution in [0.5, 0.6) is 0 Å². The van der Waals surface area contributed by atoms with Crippen molar-refractivity contribution in [2.75, 3.05) is 6.54 Å². The SMILES string of the molecule is Cl.NCC[C@@H](N)c1ccc(F)c(F)c1. The molecule has 0 bridgehead atoms. The molecule has 0 fully saturated rings. The van der Waals surface area contributed by atoms with E-state index in [1.54, 1.807) is 0 Å². The molecule has 0 aliphatic rings. The second-order valence-electron chi connectivity index (χ2n) is 2.86. The molecule has 0 radical (unpaired) electrons. The van der Waals surface area contributed by atoms with Gasteiger partial charge in [0.25, 0.3) is 0 Å². The van der Waals surface area contributed by atoms with Crippen LogP contribution in [-0.2, 0) is 0 Å². The first-order valence-electron chi connectivity index (χ1n) is 4.05. The van der Waals surface area contributed by atoms with Crippen molar-refractivity contribution in [3.63, 3.8) is 0 Å². The number of nitrogens with two attached hydrogens (primary N) is 2. The highest BCUT2D eigenvalue weighted by Gasteiger charge is 2.08. The average Bonchev–Trinajstić information content (AvgIpc) is 2.10. The maximum atomic E-state index is 12.7. The Hall–Kier alpha value is -0.710. The van der Waals surface area contributed by atoms with Crippen LogP contribution in [0.1, 0.15) is 18.0 Å². The number of hydrogen-bond donors (Lipinski definition) is 2. The lowest BCUT2D eigenvalue weighted by Crippen LogP contribution is -2.15. The van der Waals surface area contributed by atoms with Gasteiger partial charge in [0.05, 0.1) is 0 Å². The minimum atomic E-state index is -0.870. The van der Waals surface area contributed by atoms with Crippen molar-refractivity contribution in [3.8, 4) is 0 Å². The smallest absolute Gasteiger partial charge is 0.159 e. The first-order chi connectivity index (χ1) is 6.15. The summed E-state index contributed by atoms with van der Waals surface area (Å²) >= 11 is 0. The summed E-state index contributed by atoms with van der Waals surface area (Å²) in [5.74, 6) is -1.73. The van der Waals surface area contributed by atoms with Gasteiger partial charge in [-0.3, -0.25) is 0 Å². The number of hydrogen-bond acceptors (Lipinski definition) is 2. The topological polar surface area (TPSA) is 52.0 Å². The van der Waals surface area contributed by atoms with Crippen molar-refractivity contribution in [2.45, 2.75) is 12.5 Å². The fraction of sp³-hybridized carbons (Fsp3) is 0.333. The molecule has 5 heteroatoms. The summed E-state index contributed by atoms with van der Waals surface area (Å²) in [6.07, 6.45) is 0.561. The lowest BCUT2D eigenvalue weighted by atomic mass is 10.0. The van der Waals surface area contributed by atoms with Crippen LogP contribution in [0.3, 0.4) is 0 Å². The lowest BCUT2D eigenvalue weighted by Gasteiger charge is -2.10. The molecule has 0 unspecified atom stereocenters. The molecule has 1 aromatic rings. The summed E-state index contributed by atoms with van der Waals surface area (Å²) in [6, 6.07) is 3.33. The van der Waals surface area contributed by atoms with Crippen LogP contribution in [-0.4, -0.2) is 6.54 Å². The van der Waals surface area contributed by atoms with Crippen LogP contribution in [0.15, 0.2) is 18.2 Å². The maximum absolute atomic E-state index is 12.7. The van der Waals surface area contributed by atoms with E-state index in [-0.39, 0.29) is 18.4 Å². The zero-order chi connectivity index (χ0) is 9.84. The Morgan fingerprint density at radius 2 is 1.86 bits per heavy atom. The van der Waals surface area contributed by atoms with Gasteiger partial charge in [0, 0.05) is 6.04 Å². The molecular weight excluding hydrogens is 210 g/mol. The van der Waals surface area contributed by atoms with Crippen molar-refractivity contribution in [1.82, 2.24) is 0 Å². The van der Waals surface area contributed by atoms with E-state index in [9.17, 15) is 8.78 Å². The largest absolute Gasteiger partial charge is 0.330 e. The first kappa shape index (κ1) is 13.3. The molecule has 0 aliphatic heterocycles. The van der Waals surface area contributed by atoms with Crippen LogP contribution in [0, 0.1) is 11.6 Å². The maximum Gasteiger partial charge on any atom is 0.159 e. The molecule has 4 N–H and O–H groups in total. The Morgan fingerprint density at radius 1 is 1.21 bits per heavy atom. The summed E-state index contributed by atoms with van der Waals surface area (Å²) < 4.78 is 25.2. The van der Waals surface area contributed by atoms with Crippen LogP contribution < -0.4 is 11.5 Å². The molecule has 1 rings (SSSR count). The summed E-state index contributed by atoms with van der Waals surface area (Å²) in [4.78, 5) is 0. The molecular formula is C9H13ClF2N2. The Kier molecular flexibility index (Phi) is 5.60. The monoisotopic (exact) mass is 222 g/mol. The summed E-state index contributed by atoms with van der Waals surface area (Å²) in [5, 5.41) is 0. The highest BCUT2D eigenvalue weighted by molar-refractivity contribution is 5.85. The molecule has 14 heavy (non-hydrogen) atoms. The van der Waals surface area contributed by atoms with Crippen molar-refractivity contribution in [3.05, 3.63) is 35.4 Å². The van der Waals surface area contributed by atoms with E-state index in [1.807, 2.05) is 0 Å². The fourth-order valence-corrected chi connectivity index (χ4v) is 1.09.